The van der Waals surface area contributed by atoms with Gasteiger partial charge in [-0.3, -0.25) is 4.79 Å². The minimum absolute atomic E-state index is 0.280. The van der Waals surface area contributed by atoms with Crippen LogP contribution in [0.3, 0.4) is 0 Å². The van der Waals surface area contributed by atoms with E-state index in [2.05, 4.69) is 20.6 Å². The summed E-state index contributed by atoms with van der Waals surface area (Å²) in [5.41, 5.74) is 1.15. The van der Waals surface area contributed by atoms with Crippen LogP contribution in [-0.2, 0) is 11.3 Å². The van der Waals surface area contributed by atoms with Crippen LogP contribution >= 0.6 is 11.6 Å². The van der Waals surface area contributed by atoms with Gasteiger partial charge < -0.3 is 15.4 Å². The van der Waals surface area contributed by atoms with E-state index >= 15 is 0 Å². The maximum absolute atomic E-state index is 12.1. The lowest BCUT2D eigenvalue weighted by Crippen LogP contribution is -2.24. The van der Waals surface area contributed by atoms with E-state index in [1.165, 1.54) is 6.20 Å². The van der Waals surface area contributed by atoms with Crippen molar-refractivity contribution in [2.24, 2.45) is 0 Å². The van der Waals surface area contributed by atoms with Crippen LogP contribution in [0.5, 0.6) is 0 Å². The van der Waals surface area contributed by atoms with Gasteiger partial charge in [0.2, 0.25) is 5.95 Å². The highest BCUT2D eigenvalue weighted by Crippen LogP contribution is 2.14. The van der Waals surface area contributed by atoms with Gasteiger partial charge in [0.25, 0.3) is 5.91 Å². The normalized spacial score (nSPS) is 10.3. The molecule has 1 amide bonds. The van der Waals surface area contributed by atoms with Crippen molar-refractivity contribution in [1.82, 2.24) is 15.3 Å². The molecule has 116 valence electrons. The SMILES string of the molecule is COCCNc1nccc(C(=O)NCc2ccccc2Cl)n1. The molecule has 2 N–H and O–H groups in total. The zero-order valence-corrected chi connectivity index (χ0v) is 12.9. The molecule has 1 aromatic carbocycles. The number of rotatable bonds is 7. The quantitative estimate of drug-likeness (QED) is 0.764. The van der Waals surface area contributed by atoms with Crippen LogP contribution < -0.4 is 10.6 Å². The Kier molecular flexibility index (Phi) is 6.12. The fourth-order valence-electron chi connectivity index (χ4n) is 1.74. The molecule has 0 aliphatic rings. The number of nitrogens with one attached hydrogen (secondary N) is 2. The van der Waals surface area contributed by atoms with Gasteiger partial charge in [0.05, 0.1) is 6.61 Å². The van der Waals surface area contributed by atoms with Gasteiger partial charge in [-0.1, -0.05) is 29.8 Å². The summed E-state index contributed by atoms with van der Waals surface area (Å²) in [6.07, 6.45) is 1.53. The molecule has 2 aromatic rings. The number of benzene rings is 1. The highest BCUT2D eigenvalue weighted by molar-refractivity contribution is 6.31. The average molecular weight is 321 g/mol. The summed E-state index contributed by atoms with van der Waals surface area (Å²) in [5, 5.41) is 6.38. The minimum Gasteiger partial charge on any atom is -0.383 e. The average Bonchev–Trinajstić information content (AvgIpc) is 2.54. The second-order valence-electron chi connectivity index (χ2n) is 4.46. The van der Waals surface area contributed by atoms with Crippen molar-refractivity contribution >= 4 is 23.5 Å². The smallest absolute Gasteiger partial charge is 0.270 e. The van der Waals surface area contributed by atoms with Crippen LogP contribution in [0.4, 0.5) is 5.95 Å². The number of methoxy groups -OCH3 is 1. The van der Waals surface area contributed by atoms with Gasteiger partial charge in [-0.25, -0.2) is 9.97 Å². The molecule has 0 fully saturated rings. The Hall–Kier alpha value is -2.18. The molecule has 1 aromatic heterocycles. The van der Waals surface area contributed by atoms with E-state index in [9.17, 15) is 4.79 Å². The molecule has 0 radical (unpaired) electrons. The van der Waals surface area contributed by atoms with Gasteiger partial charge in [0, 0.05) is 31.4 Å². The molecule has 0 unspecified atom stereocenters. The number of carbonyl (C=O) groups excluding carboxylic acids is 1. The Morgan fingerprint density at radius 1 is 1.32 bits per heavy atom. The molecule has 0 spiro atoms. The van der Waals surface area contributed by atoms with Crippen molar-refractivity contribution in [3.8, 4) is 0 Å². The molecule has 2 rings (SSSR count). The van der Waals surface area contributed by atoms with Crippen LogP contribution in [0.1, 0.15) is 16.1 Å². The number of ether oxygens (including phenoxy) is 1. The maximum atomic E-state index is 12.1. The van der Waals surface area contributed by atoms with Crippen LogP contribution in [0.2, 0.25) is 5.02 Å². The van der Waals surface area contributed by atoms with Crippen molar-refractivity contribution in [3.05, 3.63) is 52.8 Å². The molecule has 7 heteroatoms. The monoisotopic (exact) mass is 320 g/mol. The number of nitrogens with zero attached hydrogens (tertiary/aromatic N) is 2. The van der Waals surface area contributed by atoms with Crippen molar-refractivity contribution in [1.29, 1.82) is 0 Å². The van der Waals surface area contributed by atoms with Gasteiger partial charge >= 0.3 is 0 Å². The largest absolute Gasteiger partial charge is 0.383 e. The van der Waals surface area contributed by atoms with Gasteiger partial charge in [-0.2, -0.15) is 0 Å². The second kappa shape index (κ2) is 8.31. The molecule has 6 nitrogen and oxygen atoms in total. The Morgan fingerprint density at radius 2 is 2.14 bits per heavy atom. The molecule has 0 saturated carbocycles. The van der Waals surface area contributed by atoms with E-state index in [4.69, 9.17) is 16.3 Å². The predicted molar refractivity (Wildman–Crippen MR) is 85.0 cm³/mol. The van der Waals surface area contributed by atoms with Crippen molar-refractivity contribution in [3.63, 3.8) is 0 Å². The van der Waals surface area contributed by atoms with Gasteiger partial charge in [0.15, 0.2) is 0 Å². The third kappa shape index (κ3) is 4.68. The second-order valence-corrected chi connectivity index (χ2v) is 4.87. The standard InChI is InChI=1S/C15H17ClN4O2/c1-22-9-8-18-15-17-7-6-13(20-15)14(21)19-10-11-4-2-3-5-12(11)16/h2-7H,8-10H2,1H3,(H,19,21)(H,17,18,20). The molecular formula is C15H17ClN4O2. The van der Waals surface area contributed by atoms with Gasteiger partial charge in [0.1, 0.15) is 5.69 Å². The van der Waals surface area contributed by atoms with E-state index in [0.29, 0.717) is 36.4 Å². The zero-order valence-electron chi connectivity index (χ0n) is 12.2. The summed E-state index contributed by atoms with van der Waals surface area (Å²) in [7, 11) is 1.61. The Balaban J connectivity index is 1.95. The van der Waals surface area contributed by atoms with Crippen LogP contribution in [0.25, 0.3) is 0 Å². The lowest BCUT2D eigenvalue weighted by molar-refractivity contribution is 0.0946. The summed E-state index contributed by atoms with van der Waals surface area (Å²) >= 11 is 6.05. The summed E-state index contributed by atoms with van der Waals surface area (Å²) < 4.78 is 4.93. The topological polar surface area (TPSA) is 76.1 Å². The molecule has 22 heavy (non-hydrogen) atoms. The van der Waals surface area contributed by atoms with E-state index in [-0.39, 0.29) is 5.91 Å². The number of anilines is 1. The van der Waals surface area contributed by atoms with E-state index in [1.54, 1.807) is 19.2 Å². The Labute approximate surface area is 133 Å². The van der Waals surface area contributed by atoms with Gasteiger partial charge in [-0.15, -0.1) is 0 Å². The first-order valence-electron chi connectivity index (χ1n) is 6.78. The van der Waals surface area contributed by atoms with E-state index in [1.807, 2.05) is 18.2 Å². The number of carbonyl (C=O) groups is 1. The molecule has 1 heterocycles. The fraction of sp³-hybridized carbons (Fsp3) is 0.267. The van der Waals surface area contributed by atoms with Crippen molar-refractivity contribution in [2.75, 3.05) is 25.6 Å². The Morgan fingerprint density at radius 3 is 2.91 bits per heavy atom. The van der Waals surface area contributed by atoms with Crippen molar-refractivity contribution < 1.29 is 9.53 Å². The molecule has 0 aliphatic heterocycles. The van der Waals surface area contributed by atoms with E-state index in [0.717, 1.165) is 5.56 Å². The first-order chi connectivity index (χ1) is 10.7. The summed E-state index contributed by atoms with van der Waals surface area (Å²) in [4.78, 5) is 20.3. The molecule has 0 bridgehead atoms. The number of hydrogen-bond acceptors (Lipinski definition) is 5. The molecule has 0 saturated heterocycles. The molecular weight excluding hydrogens is 304 g/mol. The highest BCUT2D eigenvalue weighted by Gasteiger charge is 2.09. The Bertz CT molecular complexity index is 636. The van der Waals surface area contributed by atoms with Crippen LogP contribution in [0.15, 0.2) is 36.5 Å². The number of hydrogen-bond donors (Lipinski definition) is 2. The summed E-state index contributed by atoms with van der Waals surface area (Å²) in [6, 6.07) is 8.92. The summed E-state index contributed by atoms with van der Waals surface area (Å²) in [5.74, 6) is 0.111. The maximum Gasteiger partial charge on any atom is 0.270 e. The van der Waals surface area contributed by atoms with Crippen LogP contribution in [-0.4, -0.2) is 36.1 Å². The third-order valence-electron chi connectivity index (χ3n) is 2.87. The third-order valence-corrected chi connectivity index (χ3v) is 3.24. The highest BCUT2D eigenvalue weighted by atomic mass is 35.5. The van der Waals surface area contributed by atoms with E-state index < -0.39 is 0 Å². The van der Waals surface area contributed by atoms with Crippen LogP contribution in [0, 0.1) is 0 Å². The van der Waals surface area contributed by atoms with Gasteiger partial charge in [-0.05, 0) is 17.7 Å². The first-order valence-corrected chi connectivity index (χ1v) is 7.16. The first kappa shape index (κ1) is 16.2. The number of amides is 1. The fourth-order valence-corrected chi connectivity index (χ4v) is 1.95. The van der Waals surface area contributed by atoms with Crippen molar-refractivity contribution in [2.45, 2.75) is 6.54 Å². The summed E-state index contributed by atoms with van der Waals surface area (Å²) in [6.45, 7) is 1.45. The zero-order chi connectivity index (χ0) is 15.8. The molecule has 0 atom stereocenters. The number of halogens is 1. The predicted octanol–water partition coefficient (Wildman–Crippen LogP) is 2.12. The number of aromatic nitrogens is 2. The lowest BCUT2D eigenvalue weighted by atomic mass is 10.2. The minimum atomic E-state index is -0.280. The molecule has 0 aliphatic carbocycles. The lowest BCUT2D eigenvalue weighted by Gasteiger charge is -2.08.